The van der Waals surface area contributed by atoms with Crippen molar-refractivity contribution in [3.8, 4) is 0 Å². The van der Waals surface area contributed by atoms with Gasteiger partial charge in [-0.05, 0) is 0 Å². The lowest BCUT2D eigenvalue weighted by molar-refractivity contribution is -0.267. The van der Waals surface area contributed by atoms with E-state index in [-0.39, 0.29) is 12.2 Å². The molecule has 1 saturated heterocycles. The van der Waals surface area contributed by atoms with E-state index in [1.165, 1.54) is 7.11 Å². The molecule has 78 valence electrons. The Bertz CT molecular complexity index is 151. The van der Waals surface area contributed by atoms with Gasteiger partial charge in [-0.1, -0.05) is 0 Å². The number of aliphatic hydroxyl groups is 1. The van der Waals surface area contributed by atoms with Crippen molar-refractivity contribution in [2.24, 2.45) is 0 Å². The molecular formula is C8H16O5. The maximum Gasteiger partial charge on any atom is 0.183 e. The SMILES string of the molecule is CO[C@@H]1[C@H](OC)C(O)OC[C@H]1OC. The van der Waals surface area contributed by atoms with Gasteiger partial charge in [-0.15, -0.1) is 0 Å². The molecule has 1 unspecified atom stereocenters. The first kappa shape index (κ1) is 10.9. The number of rotatable bonds is 3. The lowest BCUT2D eigenvalue weighted by Crippen LogP contribution is -2.55. The van der Waals surface area contributed by atoms with E-state index in [0.29, 0.717) is 6.61 Å². The highest BCUT2D eigenvalue weighted by Gasteiger charge is 2.40. The van der Waals surface area contributed by atoms with Crippen LogP contribution < -0.4 is 0 Å². The van der Waals surface area contributed by atoms with Crippen molar-refractivity contribution in [2.45, 2.75) is 24.6 Å². The summed E-state index contributed by atoms with van der Waals surface area (Å²) < 4.78 is 20.4. The summed E-state index contributed by atoms with van der Waals surface area (Å²) in [4.78, 5) is 0. The summed E-state index contributed by atoms with van der Waals surface area (Å²) in [6.07, 6.45) is -1.93. The van der Waals surface area contributed by atoms with Gasteiger partial charge in [0.1, 0.15) is 18.3 Å². The van der Waals surface area contributed by atoms with Crippen LogP contribution in [0.2, 0.25) is 0 Å². The predicted molar refractivity (Wildman–Crippen MR) is 44.3 cm³/mol. The van der Waals surface area contributed by atoms with Gasteiger partial charge >= 0.3 is 0 Å². The molecule has 5 nitrogen and oxygen atoms in total. The molecule has 0 aromatic heterocycles. The molecule has 5 heteroatoms. The number of methoxy groups -OCH3 is 3. The molecule has 0 saturated carbocycles. The van der Waals surface area contributed by atoms with Gasteiger partial charge in [0, 0.05) is 21.3 Å². The third-order valence-corrected chi connectivity index (χ3v) is 2.25. The summed E-state index contributed by atoms with van der Waals surface area (Å²) in [7, 11) is 4.63. The van der Waals surface area contributed by atoms with Crippen molar-refractivity contribution in [1.29, 1.82) is 0 Å². The van der Waals surface area contributed by atoms with Crippen LogP contribution in [0.25, 0.3) is 0 Å². The van der Waals surface area contributed by atoms with Crippen molar-refractivity contribution in [3.63, 3.8) is 0 Å². The molecule has 1 heterocycles. The summed E-state index contributed by atoms with van der Waals surface area (Å²) in [5.41, 5.74) is 0. The first-order chi connectivity index (χ1) is 6.24. The minimum atomic E-state index is -0.943. The van der Waals surface area contributed by atoms with Crippen molar-refractivity contribution >= 4 is 0 Å². The van der Waals surface area contributed by atoms with Crippen LogP contribution in [0, 0.1) is 0 Å². The Morgan fingerprint density at radius 3 is 2.15 bits per heavy atom. The average Bonchev–Trinajstić information content (AvgIpc) is 2.17. The highest BCUT2D eigenvalue weighted by atomic mass is 16.7. The third-order valence-electron chi connectivity index (χ3n) is 2.25. The fraction of sp³-hybridized carbons (Fsp3) is 1.00. The number of ether oxygens (including phenoxy) is 4. The number of hydrogen-bond donors (Lipinski definition) is 1. The Labute approximate surface area is 77.5 Å². The van der Waals surface area contributed by atoms with Crippen LogP contribution >= 0.6 is 0 Å². The molecule has 4 atom stereocenters. The minimum Gasteiger partial charge on any atom is -0.376 e. The van der Waals surface area contributed by atoms with E-state index in [2.05, 4.69) is 0 Å². The Kier molecular flexibility index (Phi) is 4.08. The maximum atomic E-state index is 9.40. The predicted octanol–water partition coefficient (Wildman–Crippen LogP) is -0.620. The van der Waals surface area contributed by atoms with Gasteiger partial charge in [0.05, 0.1) is 6.61 Å². The highest BCUT2D eigenvalue weighted by molar-refractivity contribution is 4.85. The zero-order valence-corrected chi connectivity index (χ0v) is 8.10. The molecule has 0 aliphatic carbocycles. The van der Waals surface area contributed by atoms with E-state index in [1.54, 1.807) is 14.2 Å². The molecule has 1 fully saturated rings. The molecule has 1 aliphatic heterocycles. The van der Waals surface area contributed by atoms with Gasteiger partial charge in [0.2, 0.25) is 0 Å². The summed E-state index contributed by atoms with van der Waals surface area (Å²) in [6.45, 7) is 0.316. The van der Waals surface area contributed by atoms with Crippen molar-refractivity contribution in [3.05, 3.63) is 0 Å². The van der Waals surface area contributed by atoms with E-state index in [4.69, 9.17) is 18.9 Å². The Morgan fingerprint density at radius 2 is 1.69 bits per heavy atom. The second-order valence-electron chi connectivity index (χ2n) is 2.90. The topological polar surface area (TPSA) is 57.2 Å². The van der Waals surface area contributed by atoms with Gasteiger partial charge in [-0.2, -0.15) is 0 Å². The molecular weight excluding hydrogens is 176 g/mol. The normalized spacial score (nSPS) is 40.6. The standard InChI is InChI=1S/C8H16O5/c1-10-5-4-13-8(9)7(12-3)6(5)11-2/h5-9H,4H2,1-3H3/t5-,6+,7+,8?/m1/s1. The first-order valence-corrected chi connectivity index (χ1v) is 4.12. The van der Waals surface area contributed by atoms with Crippen LogP contribution in [0.4, 0.5) is 0 Å². The van der Waals surface area contributed by atoms with Crippen LogP contribution in [0.1, 0.15) is 0 Å². The quantitative estimate of drug-likeness (QED) is 0.646. The van der Waals surface area contributed by atoms with E-state index < -0.39 is 12.4 Å². The maximum absolute atomic E-state index is 9.40. The monoisotopic (exact) mass is 192 g/mol. The van der Waals surface area contributed by atoms with E-state index in [1.807, 2.05) is 0 Å². The van der Waals surface area contributed by atoms with Gasteiger partial charge in [-0.25, -0.2) is 0 Å². The molecule has 13 heavy (non-hydrogen) atoms. The Hall–Kier alpha value is -0.200. The average molecular weight is 192 g/mol. The van der Waals surface area contributed by atoms with Crippen LogP contribution in [0.3, 0.4) is 0 Å². The minimum absolute atomic E-state index is 0.196. The molecule has 0 aromatic rings. The van der Waals surface area contributed by atoms with E-state index in [0.717, 1.165) is 0 Å². The molecule has 0 aromatic carbocycles. The Balaban J connectivity index is 2.64. The lowest BCUT2D eigenvalue weighted by Gasteiger charge is -2.38. The number of aliphatic hydroxyl groups excluding tert-OH is 1. The zero-order valence-electron chi connectivity index (χ0n) is 8.10. The highest BCUT2D eigenvalue weighted by Crippen LogP contribution is 2.20. The van der Waals surface area contributed by atoms with E-state index >= 15 is 0 Å². The van der Waals surface area contributed by atoms with E-state index in [9.17, 15) is 5.11 Å². The largest absolute Gasteiger partial charge is 0.376 e. The van der Waals surface area contributed by atoms with Gasteiger partial charge in [0.15, 0.2) is 6.29 Å². The summed E-state index contributed by atoms with van der Waals surface area (Å²) >= 11 is 0. The lowest BCUT2D eigenvalue weighted by atomic mass is 10.1. The van der Waals surface area contributed by atoms with Crippen LogP contribution in [0.5, 0.6) is 0 Å². The molecule has 0 spiro atoms. The second kappa shape index (κ2) is 4.88. The van der Waals surface area contributed by atoms with Gasteiger partial charge in [0.25, 0.3) is 0 Å². The molecule has 1 rings (SSSR count). The zero-order chi connectivity index (χ0) is 9.84. The van der Waals surface area contributed by atoms with Crippen LogP contribution in [-0.2, 0) is 18.9 Å². The molecule has 0 amide bonds. The molecule has 0 bridgehead atoms. The fourth-order valence-corrected chi connectivity index (χ4v) is 1.50. The molecule has 0 radical (unpaired) electrons. The second-order valence-corrected chi connectivity index (χ2v) is 2.90. The van der Waals surface area contributed by atoms with Crippen molar-refractivity contribution < 1.29 is 24.1 Å². The van der Waals surface area contributed by atoms with Crippen molar-refractivity contribution in [1.82, 2.24) is 0 Å². The van der Waals surface area contributed by atoms with Crippen molar-refractivity contribution in [2.75, 3.05) is 27.9 Å². The summed E-state index contributed by atoms with van der Waals surface area (Å²) in [6, 6.07) is 0. The number of hydrogen-bond acceptors (Lipinski definition) is 5. The fourth-order valence-electron chi connectivity index (χ4n) is 1.50. The van der Waals surface area contributed by atoms with Crippen LogP contribution in [0.15, 0.2) is 0 Å². The summed E-state index contributed by atoms with van der Waals surface area (Å²) in [5.74, 6) is 0. The van der Waals surface area contributed by atoms with Crippen LogP contribution in [-0.4, -0.2) is 57.6 Å². The Morgan fingerprint density at radius 1 is 1.08 bits per heavy atom. The van der Waals surface area contributed by atoms with Gasteiger partial charge in [-0.3, -0.25) is 0 Å². The summed E-state index contributed by atoms with van der Waals surface area (Å²) in [5, 5.41) is 9.40. The molecule has 1 aliphatic rings. The first-order valence-electron chi connectivity index (χ1n) is 4.12. The smallest absolute Gasteiger partial charge is 0.183 e. The third kappa shape index (κ3) is 2.18. The molecule has 1 N–H and O–H groups in total. The van der Waals surface area contributed by atoms with Gasteiger partial charge < -0.3 is 24.1 Å².